The van der Waals surface area contributed by atoms with Crippen LogP contribution in [0.5, 0.6) is 5.75 Å². The monoisotopic (exact) mass is 364 g/mol. The quantitative estimate of drug-likeness (QED) is 0.286. The molecule has 4 nitrogen and oxygen atoms in total. The van der Waals surface area contributed by atoms with Gasteiger partial charge in [-0.2, -0.15) is 5.10 Å². The summed E-state index contributed by atoms with van der Waals surface area (Å²) in [5.41, 5.74) is 2.39. The van der Waals surface area contributed by atoms with Crippen LogP contribution in [0.4, 0.5) is 0 Å². The average molecular weight is 366 g/mol. The zero-order chi connectivity index (χ0) is 16.4. The number of nitrogens with one attached hydrogen (secondary N) is 1. The number of unbranched alkanes of at least 4 members (excludes halogenated alkanes) is 4. The van der Waals surface area contributed by atoms with Gasteiger partial charge in [-0.25, -0.2) is 5.43 Å². The van der Waals surface area contributed by atoms with Crippen LogP contribution < -0.4 is 10.2 Å². The molecule has 0 unspecified atom stereocenters. The summed E-state index contributed by atoms with van der Waals surface area (Å²) in [5.74, 6) is -0.0679. The lowest BCUT2D eigenvalue weighted by Crippen LogP contribution is -2.24. The first-order valence-corrected chi connectivity index (χ1v) is 8.25. The zero-order valence-corrected chi connectivity index (χ0v) is 14.6. The highest BCUT2D eigenvalue weighted by atomic mass is 35.5. The van der Waals surface area contributed by atoms with Crippen LogP contribution in [0.2, 0.25) is 15.1 Å². The first-order valence-electron chi connectivity index (χ1n) is 7.12. The molecular weight excluding hydrogens is 347 g/mol. The van der Waals surface area contributed by atoms with Crippen molar-refractivity contribution in [2.75, 3.05) is 6.61 Å². The van der Waals surface area contributed by atoms with Crippen LogP contribution in [-0.4, -0.2) is 18.7 Å². The molecule has 0 aliphatic rings. The number of hydrazone groups is 1. The molecule has 0 bridgehead atoms. The summed E-state index contributed by atoms with van der Waals surface area (Å²) in [6.07, 6.45) is 7.21. The zero-order valence-electron chi connectivity index (χ0n) is 12.4. The summed E-state index contributed by atoms with van der Waals surface area (Å²) in [5, 5.41) is 4.79. The molecule has 22 heavy (non-hydrogen) atoms. The second kappa shape index (κ2) is 10.7. The van der Waals surface area contributed by atoms with Gasteiger partial charge in [-0.3, -0.25) is 4.79 Å². The first kappa shape index (κ1) is 19.1. The normalized spacial score (nSPS) is 10.9. The number of rotatable bonds is 9. The maximum atomic E-state index is 11.6. The minimum absolute atomic E-state index is 0.204. The van der Waals surface area contributed by atoms with Gasteiger partial charge in [0.15, 0.2) is 6.61 Å². The van der Waals surface area contributed by atoms with Gasteiger partial charge in [0.05, 0.1) is 15.1 Å². The van der Waals surface area contributed by atoms with Crippen LogP contribution >= 0.6 is 34.8 Å². The van der Waals surface area contributed by atoms with Crippen molar-refractivity contribution in [1.82, 2.24) is 5.43 Å². The second-order valence-electron chi connectivity index (χ2n) is 4.68. The van der Waals surface area contributed by atoms with Crippen molar-refractivity contribution in [3.63, 3.8) is 0 Å². The van der Waals surface area contributed by atoms with E-state index in [1.807, 2.05) is 0 Å². The van der Waals surface area contributed by atoms with E-state index in [1.165, 1.54) is 31.4 Å². The molecule has 1 rings (SSSR count). The molecule has 0 saturated heterocycles. The summed E-state index contributed by atoms with van der Waals surface area (Å²) >= 11 is 17.6. The smallest absolute Gasteiger partial charge is 0.277 e. The van der Waals surface area contributed by atoms with Gasteiger partial charge in [-0.1, -0.05) is 61.0 Å². The van der Waals surface area contributed by atoms with Gasteiger partial charge in [-0.15, -0.1) is 0 Å². The van der Waals surface area contributed by atoms with Gasteiger partial charge in [-0.05, 0) is 18.9 Å². The summed E-state index contributed by atoms with van der Waals surface area (Å²) in [4.78, 5) is 11.6. The Hall–Kier alpha value is -0.970. The van der Waals surface area contributed by atoms with E-state index in [-0.39, 0.29) is 12.5 Å². The lowest BCUT2D eigenvalue weighted by Gasteiger charge is -2.08. The van der Waals surface area contributed by atoms with Crippen LogP contribution in [0, 0.1) is 0 Å². The highest BCUT2D eigenvalue weighted by Crippen LogP contribution is 2.33. The fourth-order valence-electron chi connectivity index (χ4n) is 1.64. The minimum atomic E-state index is -0.369. The summed E-state index contributed by atoms with van der Waals surface area (Å²) in [6.45, 7) is 1.96. The number of nitrogens with zero attached hydrogens (tertiary/aromatic N) is 1. The van der Waals surface area contributed by atoms with Gasteiger partial charge in [0.1, 0.15) is 5.75 Å². The number of hydrogen-bond acceptors (Lipinski definition) is 3. The highest BCUT2D eigenvalue weighted by Gasteiger charge is 2.09. The van der Waals surface area contributed by atoms with Gasteiger partial charge >= 0.3 is 0 Å². The molecule has 0 aromatic heterocycles. The second-order valence-corrected chi connectivity index (χ2v) is 5.90. The Bertz CT molecular complexity index is 522. The molecule has 0 atom stereocenters. The first-order chi connectivity index (χ1) is 10.5. The van der Waals surface area contributed by atoms with Crippen molar-refractivity contribution in [2.45, 2.75) is 39.0 Å². The van der Waals surface area contributed by atoms with Crippen molar-refractivity contribution < 1.29 is 9.53 Å². The number of carbonyl (C=O) groups is 1. The van der Waals surface area contributed by atoms with Crippen LogP contribution in [0.15, 0.2) is 17.2 Å². The molecule has 1 aromatic rings. The molecule has 0 fully saturated rings. The number of amides is 1. The predicted molar refractivity (Wildman–Crippen MR) is 92.4 cm³/mol. The number of halogens is 3. The number of carbonyl (C=O) groups excluding carboxylic acids is 1. The van der Waals surface area contributed by atoms with E-state index in [0.717, 1.165) is 12.8 Å². The molecular formula is C15H19Cl3N2O2. The third-order valence-electron chi connectivity index (χ3n) is 2.80. The van der Waals surface area contributed by atoms with Crippen molar-refractivity contribution in [2.24, 2.45) is 5.10 Å². The lowest BCUT2D eigenvalue weighted by atomic mass is 10.2. The van der Waals surface area contributed by atoms with Gasteiger partial charge in [0.25, 0.3) is 5.91 Å². The Morgan fingerprint density at radius 3 is 2.64 bits per heavy atom. The summed E-state index contributed by atoms with van der Waals surface area (Å²) in [6, 6.07) is 2.93. The van der Waals surface area contributed by atoms with Crippen LogP contribution in [-0.2, 0) is 4.79 Å². The third-order valence-corrected chi connectivity index (χ3v) is 3.82. The molecule has 0 aliphatic carbocycles. The molecule has 1 amide bonds. The number of benzene rings is 1. The van der Waals surface area contributed by atoms with Gasteiger partial charge < -0.3 is 4.74 Å². The standard InChI is InChI=1S/C15H19Cl3N2O2/c1-2-3-4-5-6-7-19-20-15(21)10-22-14-9-12(17)11(16)8-13(14)18/h7-9H,2-6,10H2,1H3,(H,20,21). The molecule has 0 saturated carbocycles. The van der Waals surface area contributed by atoms with Crippen molar-refractivity contribution in [3.05, 3.63) is 27.2 Å². The van der Waals surface area contributed by atoms with Crippen molar-refractivity contribution in [1.29, 1.82) is 0 Å². The molecule has 0 radical (unpaired) electrons. The largest absolute Gasteiger partial charge is 0.482 e. The lowest BCUT2D eigenvalue weighted by molar-refractivity contribution is -0.123. The predicted octanol–water partition coefficient (Wildman–Crippen LogP) is 5.10. The summed E-state index contributed by atoms with van der Waals surface area (Å²) < 4.78 is 5.28. The van der Waals surface area contributed by atoms with E-state index >= 15 is 0 Å². The van der Waals surface area contributed by atoms with Gasteiger partial charge in [0, 0.05) is 12.3 Å². The van der Waals surface area contributed by atoms with Crippen LogP contribution in [0.3, 0.4) is 0 Å². The topological polar surface area (TPSA) is 50.7 Å². The Morgan fingerprint density at radius 2 is 1.91 bits per heavy atom. The van der Waals surface area contributed by atoms with E-state index < -0.39 is 0 Å². The average Bonchev–Trinajstić information content (AvgIpc) is 2.48. The molecule has 0 spiro atoms. The van der Waals surface area contributed by atoms with Gasteiger partial charge in [0.2, 0.25) is 0 Å². The minimum Gasteiger partial charge on any atom is -0.482 e. The highest BCUT2D eigenvalue weighted by molar-refractivity contribution is 6.43. The number of ether oxygens (including phenoxy) is 1. The third kappa shape index (κ3) is 7.34. The molecule has 1 N–H and O–H groups in total. The fourth-order valence-corrected chi connectivity index (χ4v) is 2.23. The van der Waals surface area contributed by atoms with E-state index in [4.69, 9.17) is 39.5 Å². The maximum absolute atomic E-state index is 11.6. The van der Waals surface area contributed by atoms with Crippen LogP contribution in [0.25, 0.3) is 0 Å². The molecule has 7 heteroatoms. The summed E-state index contributed by atoms with van der Waals surface area (Å²) in [7, 11) is 0. The molecule has 0 aliphatic heterocycles. The van der Waals surface area contributed by atoms with E-state index in [0.29, 0.717) is 20.8 Å². The van der Waals surface area contributed by atoms with Crippen molar-refractivity contribution >= 4 is 46.9 Å². The van der Waals surface area contributed by atoms with E-state index in [2.05, 4.69) is 17.5 Å². The van der Waals surface area contributed by atoms with E-state index in [1.54, 1.807) is 6.21 Å². The van der Waals surface area contributed by atoms with Crippen molar-refractivity contribution in [3.8, 4) is 5.75 Å². The Morgan fingerprint density at radius 1 is 1.18 bits per heavy atom. The Labute approximate surface area is 145 Å². The maximum Gasteiger partial charge on any atom is 0.277 e. The molecule has 122 valence electrons. The molecule has 1 aromatic carbocycles. The Kier molecular flexibility index (Phi) is 9.28. The number of hydrogen-bond donors (Lipinski definition) is 1. The Balaban J connectivity index is 2.29. The van der Waals surface area contributed by atoms with Crippen LogP contribution in [0.1, 0.15) is 39.0 Å². The SMILES string of the molecule is CCCCCCC=NNC(=O)COc1cc(Cl)c(Cl)cc1Cl. The molecule has 0 heterocycles. The fraction of sp³-hybridized carbons (Fsp3) is 0.467. The van der Waals surface area contributed by atoms with E-state index in [9.17, 15) is 4.79 Å².